The van der Waals surface area contributed by atoms with Gasteiger partial charge in [-0.1, -0.05) is 91.9 Å². The van der Waals surface area contributed by atoms with Gasteiger partial charge in [0, 0.05) is 20.5 Å². The highest BCUT2D eigenvalue weighted by Crippen LogP contribution is 2.28. The van der Waals surface area contributed by atoms with E-state index in [-0.39, 0.29) is 0 Å². The smallest absolute Gasteiger partial charge is 0.00994 e. The number of hydrogen-bond acceptors (Lipinski definition) is 0. The van der Waals surface area contributed by atoms with E-state index >= 15 is 0 Å². The number of rotatable bonds is 11. The Morgan fingerprint density at radius 3 is 0.944 bits per heavy atom. The van der Waals surface area contributed by atoms with Crippen molar-refractivity contribution < 1.29 is 0 Å². The van der Waals surface area contributed by atoms with E-state index in [0.717, 1.165) is 0 Å². The summed E-state index contributed by atoms with van der Waals surface area (Å²) in [5.41, 5.74) is 0. The van der Waals surface area contributed by atoms with Crippen molar-refractivity contribution in [3.8, 4) is 0 Å². The van der Waals surface area contributed by atoms with Crippen LogP contribution in [0.2, 0.25) is 10.1 Å². The average molecular weight is 287 g/mol. The largest absolute Gasteiger partial charge is 0.0632 e. The molecule has 0 aromatic heterocycles. The lowest BCUT2D eigenvalue weighted by Crippen LogP contribution is -2.01. The molecule has 0 nitrogen and oxygen atoms in total. The third-order valence-electron chi connectivity index (χ3n) is 3.60. The molecule has 0 amide bonds. The normalized spacial score (nSPS) is 13.3. The van der Waals surface area contributed by atoms with Gasteiger partial charge in [0.05, 0.1) is 0 Å². The van der Waals surface area contributed by atoms with Crippen LogP contribution in [0.5, 0.6) is 0 Å². The Morgan fingerprint density at radius 2 is 0.722 bits per heavy atom. The van der Waals surface area contributed by atoms with Gasteiger partial charge in [0.2, 0.25) is 0 Å². The third kappa shape index (κ3) is 16.4. The summed E-state index contributed by atoms with van der Waals surface area (Å²) in [5.74, 6) is 0. The highest BCUT2D eigenvalue weighted by Gasteiger charge is 2.09. The zero-order valence-corrected chi connectivity index (χ0v) is 18.1. The van der Waals surface area contributed by atoms with Gasteiger partial charge < -0.3 is 0 Å². The van der Waals surface area contributed by atoms with Gasteiger partial charge in [0.25, 0.3) is 0 Å². The maximum Gasteiger partial charge on any atom is 0.00994 e. The predicted octanol–water partition coefficient (Wildman–Crippen LogP) is 4.02. The summed E-state index contributed by atoms with van der Waals surface area (Å²) in [4.78, 5) is 0. The average Bonchev–Trinajstić information content (AvgIpc) is 2.17. The van der Waals surface area contributed by atoms with Crippen LogP contribution in [-0.4, -0.2) is 20.5 Å². The Hall–Kier alpha value is 0.434. The lowest BCUT2D eigenvalue weighted by atomic mass is 10.0. The molecule has 0 fully saturated rings. The molecule has 0 atom stereocenters. The van der Waals surface area contributed by atoms with Crippen molar-refractivity contribution in [3.05, 3.63) is 0 Å². The molecule has 0 rings (SSSR count). The van der Waals surface area contributed by atoms with Crippen LogP contribution in [0, 0.1) is 0 Å². The molecule has 0 spiro atoms. The van der Waals surface area contributed by atoms with E-state index in [4.69, 9.17) is 0 Å². The van der Waals surface area contributed by atoms with Crippen molar-refractivity contribution in [2.24, 2.45) is 0 Å². The first-order valence-electron chi connectivity index (χ1n) is 8.21. The second kappa shape index (κ2) is 9.36. The first kappa shape index (κ1) is 18.4. The van der Waals surface area contributed by atoms with Crippen LogP contribution in [0.25, 0.3) is 0 Å². The summed E-state index contributed by atoms with van der Waals surface area (Å²) >= 11 is 0. The van der Waals surface area contributed by atoms with E-state index in [1.165, 1.54) is 84.7 Å². The van der Waals surface area contributed by atoms with Crippen LogP contribution < -0.4 is 0 Å². The van der Waals surface area contributed by atoms with E-state index in [1.54, 1.807) is 0 Å². The van der Waals surface area contributed by atoms with E-state index in [0.29, 0.717) is 10.1 Å². The fourth-order valence-corrected chi connectivity index (χ4v) is 3.08. The zero-order chi connectivity index (χ0) is 14.1. The third-order valence-corrected chi connectivity index (χ3v) is 4.60. The van der Waals surface area contributed by atoms with Crippen molar-refractivity contribution in [3.63, 3.8) is 0 Å². The van der Waals surface area contributed by atoms with Crippen LogP contribution in [-0.2, 0) is 0 Å². The number of hydrogen-bond donors (Lipinski definition) is 0. The maximum absolute atomic E-state index is 2.41. The van der Waals surface area contributed by atoms with Crippen molar-refractivity contribution in [2.45, 2.75) is 102 Å². The van der Waals surface area contributed by atoms with Crippen LogP contribution in [0.4, 0.5) is 0 Å². The quantitative estimate of drug-likeness (QED) is 0.398. The molecule has 0 bridgehead atoms. The van der Waals surface area contributed by atoms with Crippen molar-refractivity contribution in [1.29, 1.82) is 0 Å². The van der Waals surface area contributed by atoms with Gasteiger partial charge in [-0.2, -0.15) is 0 Å². The molecule has 0 aromatic rings. The Labute approximate surface area is 123 Å². The highest BCUT2D eigenvalue weighted by atomic mass is 28.1. The molecule has 0 N–H and O–H groups in total. The van der Waals surface area contributed by atoms with Gasteiger partial charge >= 0.3 is 0 Å². The second-order valence-electron chi connectivity index (χ2n) is 8.45. The van der Waals surface area contributed by atoms with Gasteiger partial charge in [0.1, 0.15) is 0 Å². The molecule has 0 heterocycles. The number of unbranched alkanes of at least 4 members (excludes halogenated alkanes) is 7. The summed E-state index contributed by atoms with van der Waals surface area (Å²) < 4.78 is 0. The molecule has 0 aliphatic rings. The molecule has 0 saturated heterocycles. The lowest BCUT2D eigenvalue weighted by molar-refractivity contribution is 0.504. The fourth-order valence-electron chi connectivity index (χ4n) is 2.37. The minimum atomic E-state index is 0.677. The molecule has 0 aromatic carbocycles. The summed E-state index contributed by atoms with van der Waals surface area (Å²) in [5, 5.41) is 1.35. The summed E-state index contributed by atoms with van der Waals surface area (Å²) in [7, 11) is 2.70. The zero-order valence-electron chi connectivity index (χ0n) is 14.1. The van der Waals surface area contributed by atoms with E-state index < -0.39 is 0 Å². The fraction of sp³-hybridized carbons (Fsp3) is 1.00. The second-order valence-corrected chi connectivity index (χ2v) is 13.9. The van der Waals surface area contributed by atoms with E-state index in [9.17, 15) is 0 Å². The highest BCUT2D eigenvalue weighted by molar-refractivity contribution is 6.14. The van der Waals surface area contributed by atoms with Crippen molar-refractivity contribution in [2.75, 3.05) is 0 Å². The summed E-state index contributed by atoms with van der Waals surface area (Å²) in [6, 6.07) is 0. The molecule has 0 unspecified atom stereocenters. The van der Waals surface area contributed by atoms with Crippen molar-refractivity contribution in [1.82, 2.24) is 0 Å². The van der Waals surface area contributed by atoms with Gasteiger partial charge in [-0.05, 0) is 10.1 Å². The molecule has 110 valence electrons. The van der Waals surface area contributed by atoms with Gasteiger partial charge in [-0.25, -0.2) is 0 Å². The van der Waals surface area contributed by atoms with Crippen LogP contribution in [0.1, 0.15) is 91.9 Å². The molecular weight excluding hydrogens is 248 g/mol. The minimum Gasteiger partial charge on any atom is -0.0632 e. The maximum atomic E-state index is 2.41. The molecule has 0 saturated carbocycles. The monoisotopic (exact) mass is 286 g/mol. The standard InChI is InChI=1S/C16H38Si2/c1-15(2,17)13-11-9-7-5-6-8-10-12-14-16(3,4)18/h5-14H2,1-4,17-18H3. The SMILES string of the molecule is CC(C)([SiH3])CCCCCCCCCCC(C)(C)[SiH3]. The van der Waals surface area contributed by atoms with Crippen LogP contribution in [0.3, 0.4) is 0 Å². The Bertz CT molecular complexity index is 164. The Balaban J connectivity index is 3.13. The molecule has 18 heavy (non-hydrogen) atoms. The van der Waals surface area contributed by atoms with Crippen LogP contribution >= 0.6 is 0 Å². The topological polar surface area (TPSA) is 0 Å². The lowest BCUT2D eigenvalue weighted by Gasteiger charge is -2.17. The first-order chi connectivity index (χ1) is 8.21. The molecule has 0 aliphatic carbocycles. The minimum absolute atomic E-state index is 0.677. The molecule has 2 heteroatoms. The van der Waals surface area contributed by atoms with Gasteiger partial charge in [-0.3, -0.25) is 0 Å². The van der Waals surface area contributed by atoms with E-state index in [1.807, 2.05) is 0 Å². The summed E-state index contributed by atoms with van der Waals surface area (Å²) in [6.45, 7) is 9.66. The predicted molar refractivity (Wildman–Crippen MR) is 94.1 cm³/mol. The van der Waals surface area contributed by atoms with Gasteiger partial charge in [-0.15, -0.1) is 0 Å². The summed E-state index contributed by atoms with van der Waals surface area (Å²) in [6.07, 6.45) is 14.7. The van der Waals surface area contributed by atoms with Crippen molar-refractivity contribution >= 4 is 20.5 Å². The van der Waals surface area contributed by atoms with E-state index in [2.05, 4.69) is 27.7 Å². The Kier molecular flexibility index (Phi) is 9.58. The molecule has 0 aliphatic heterocycles. The molecular formula is C16H38Si2. The Morgan fingerprint density at radius 1 is 0.500 bits per heavy atom. The first-order valence-corrected chi connectivity index (χ1v) is 10.2. The molecule has 0 radical (unpaired) electrons. The van der Waals surface area contributed by atoms with Gasteiger partial charge in [0.15, 0.2) is 0 Å². The van der Waals surface area contributed by atoms with Crippen LogP contribution in [0.15, 0.2) is 0 Å².